The molecule has 1 aliphatic rings. The number of nitrogens with zero attached hydrogens (tertiary/aromatic N) is 1. The first-order valence-electron chi connectivity index (χ1n) is 8.42. The van der Waals surface area contributed by atoms with Gasteiger partial charge in [-0.05, 0) is 50.3 Å². The Bertz CT molecular complexity index is 426. The fourth-order valence-electron chi connectivity index (χ4n) is 3.91. The van der Waals surface area contributed by atoms with Crippen LogP contribution in [0.3, 0.4) is 0 Å². The molecule has 1 aliphatic heterocycles. The Labute approximate surface area is 130 Å². The molecule has 0 spiro atoms. The van der Waals surface area contributed by atoms with Crippen molar-refractivity contribution in [2.45, 2.75) is 52.6 Å². The lowest BCUT2D eigenvalue weighted by molar-refractivity contribution is 0.0572. The summed E-state index contributed by atoms with van der Waals surface area (Å²) in [5, 5.41) is 3.55. The maximum absolute atomic E-state index is 3.55. The van der Waals surface area contributed by atoms with E-state index in [4.69, 9.17) is 0 Å². The summed E-state index contributed by atoms with van der Waals surface area (Å²) in [6, 6.07) is 11.9. The van der Waals surface area contributed by atoms with Gasteiger partial charge in [-0.3, -0.25) is 4.90 Å². The summed E-state index contributed by atoms with van der Waals surface area (Å²) in [5.74, 6) is 0.819. The van der Waals surface area contributed by atoms with Crippen LogP contribution in [0.1, 0.15) is 52.1 Å². The van der Waals surface area contributed by atoms with E-state index in [9.17, 15) is 0 Å². The highest BCUT2D eigenvalue weighted by molar-refractivity contribution is 5.21. The minimum absolute atomic E-state index is 0.210. The summed E-state index contributed by atoms with van der Waals surface area (Å²) >= 11 is 0. The molecule has 0 aliphatic carbocycles. The average Bonchev–Trinajstić information content (AvgIpc) is 2.45. The van der Waals surface area contributed by atoms with Crippen LogP contribution < -0.4 is 5.32 Å². The van der Waals surface area contributed by atoms with E-state index in [0.29, 0.717) is 12.1 Å². The fourth-order valence-corrected chi connectivity index (χ4v) is 3.91. The Morgan fingerprint density at radius 3 is 2.52 bits per heavy atom. The first-order chi connectivity index (χ1) is 9.95. The van der Waals surface area contributed by atoms with Gasteiger partial charge in [-0.15, -0.1) is 0 Å². The number of hydrogen-bond acceptors (Lipinski definition) is 2. The zero-order valence-electron chi connectivity index (χ0n) is 14.4. The predicted octanol–water partition coefficient (Wildman–Crippen LogP) is 4.09. The van der Waals surface area contributed by atoms with Crippen LogP contribution in [0, 0.1) is 11.3 Å². The van der Waals surface area contributed by atoms with Crippen LogP contribution in [-0.4, -0.2) is 31.1 Å². The fraction of sp³-hybridized carbons (Fsp3) is 0.684. The molecule has 3 atom stereocenters. The maximum atomic E-state index is 3.55. The number of likely N-dealkylation sites (tertiary alicyclic amines) is 1. The SMILES string of the molecule is CNC(c1ccccc1)C(C)(C)CN1CCCC(C)C1C. The van der Waals surface area contributed by atoms with Gasteiger partial charge in [0, 0.05) is 18.6 Å². The van der Waals surface area contributed by atoms with Gasteiger partial charge in [-0.2, -0.15) is 0 Å². The molecule has 2 heteroatoms. The summed E-state index contributed by atoms with van der Waals surface area (Å²) < 4.78 is 0. The molecule has 0 radical (unpaired) electrons. The molecule has 0 aromatic heterocycles. The quantitative estimate of drug-likeness (QED) is 0.878. The number of rotatable bonds is 5. The Balaban J connectivity index is 2.12. The van der Waals surface area contributed by atoms with E-state index < -0.39 is 0 Å². The highest BCUT2D eigenvalue weighted by atomic mass is 15.2. The van der Waals surface area contributed by atoms with Crippen molar-refractivity contribution in [3.63, 3.8) is 0 Å². The summed E-state index contributed by atoms with van der Waals surface area (Å²) in [5.41, 5.74) is 1.60. The maximum Gasteiger partial charge on any atom is 0.0381 e. The third kappa shape index (κ3) is 3.87. The molecular formula is C19H32N2. The highest BCUT2D eigenvalue weighted by Crippen LogP contribution is 2.36. The summed E-state index contributed by atoms with van der Waals surface area (Å²) in [7, 11) is 2.08. The number of nitrogens with one attached hydrogen (secondary N) is 1. The lowest BCUT2D eigenvalue weighted by Crippen LogP contribution is -2.49. The molecule has 0 saturated carbocycles. The first kappa shape index (κ1) is 16.5. The molecule has 118 valence electrons. The standard InChI is InChI=1S/C19H32N2/c1-15-10-9-13-21(16(15)2)14-19(3,4)18(20-5)17-11-7-6-8-12-17/h6-8,11-12,15-16,18,20H,9-10,13-14H2,1-5H3. The second-order valence-electron chi connectivity index (χ2n) is 7.45. The van der Waals surface area contributed by atoms with Crippen molar-refractivity contribution >= 4 is 0 Å². The Morgan fingerprint density at radius 2 is 1.90 bits per heavy atom. The minimum atomic E-state index is 0.210. The van der Waals surface area contributed by atoms with Crippen LogP contribution in [0.25, 0.3) is 0 Å². The Kier molecular flexibility index (Phi) is 5.45. The van der Waals surface area contributed by atoms with Gasteiger partial charge in [-0.25, -0.2) is 0 Å². The summed E-state index contributed by atoms with van der Waals surface area (Å²) in [6.45, 7) is 12.0. The van der Waals surface area contributed by atoms with E-state index in [1.165, 1.54) is 24.9 Å². The van der Waals surface area contributed by atoms with Crippen molar-refractivity contribution in [3.8, 4) is 0 Å². The zero-order chi connectivity index (χ0) is 15.5. The van der Waals surface area contributed by atoms with E-state index in [1.54, 1.807) is 0 Å². The lowest BCUT2D eigenvalue weighted by Gasteiger charge is -2.45. The van der Waals surface area contributed by atoms with Crippen molar-refractivity contribution in [1.82, 2.24) is 10.2 Å². The molecular weight excluding hydrogens is 256 g/mol. The van der Waals surface area contributed by atoms with E-state index >= 15 is 0 Å². The van der Waals surface area contributed by atoms with Crippen molar-refractivity contribution in [3.05, 3.63) is 35.9 Å². The molecule has 1 heterocycles. The highest BCUT2D eigenvalue weighted by Gasteiger charge is 2.35. The zero-order valence-corrected chi connectivity index (χ0v) is 14.4. The molecule has 1 N–H and O–H groups in total. The van der Waals surface area contributed by atoms with Crippen LogP contribution in [0.5, 0.6) is 0 Å². The van der Waals surface area contributed by atoms with Gasteiger partial charge in [0.1, 0.15) is 0 Å². The number of benzene rings is 1. The second-order valence-corrected chi connectivity index (χ2v) is 7.45. The van der Waals surface area contributed by atoms with E-state index in [0.717, 1.165) is 12.5 Å². The summed E-state index contributed by atoms with van der Waals surface area (Å²) in [6.07, 6.45) is 2.73. The van der Waals surface area contributed by atoms with Gasteiger partial charge in [-0.1, -0.05) is 51.1 Å². The van der Waals surface area contributed by atoms with Gasteiger partial charge < -0.3 is 5.32 Å². The Hall–Kier alpha value is -0.860. The molecule has 0 bridgehead atoms. The van der Waals surface area contributed by atoms with Gasteiger partial charge in [0.15, 0.2) is 0 Å². The molecule has 21 heavy (non-hydrogen) atoms. The third-order valence-corrected chi connectivity index (χ3v) is 5.32. The predicted molar refractivity (Wildman–Crippen MR) is 91.5 cm³/mol. The molecule has 3 unspecified atom stereocenters. The van der Waals surface area contributed by atoms with Crippen LogP contribution in [0.4, 0.5) is 0 Å². The Morgan fingerprint density at radius 1 is 1.24 bits per heavy atom. The summed E-state index contributed by atoms with van der Waals surface area (Å²) in [4.78, 5) is 2.70. The van der Waals surface area contributed by atoms with E-state index in [1.807, 2.05) is 0 Å². The van der Waals surface area contributed by atoms with E-state index in [-0.39, 0.29) is 5.41 Å². The van der Waals surface area contributed by atoms with Crippen LogP contribution in [0.15, 0.2) is 30.3 Å². The molecule has 1 aromatic rings. The van der Waals surface area contributed by atoms with Crippen molar-refractivity contribution in [1.29, 1.82) is 0 Å². The monoisotopic (exact) mass is 288 g/mol. The average molecular weight is 288 g/mol. The van der Waals surface area contributed by atoms with Gasteiger partial charge in [0.2, 0.25) is 0 Å². The molecule has 0 amide bonds. The number of piperidine rings is 1. The van der Waals surface area contributed by atoms with Gasteiger partial charge in [0.25, 0.3) is 0 Å². The van der Waals surface area contributed by atoms with Crippen LogP contribution >= 0.6 is 0 Å². The molecule has 1 saturated heterocycles. The number of hydrogen-bond donors (Lipinski definition) is 1. The third-order valence-electron chi connectivity index (χ3n) is 5.32. The molecule has 1 fully saturated rings. The normalized spacial score (nSPS) is 25.8. The van der Waals surface area contributed by atoms with Gasteiger partial charge >= 0.3 is 0 Å². The molecule has 2 rings (SSSR count). The van der Waals surface area contributed by atoms with Crippen LogP contribution in [-0.2, 0) is 0 Å². The smallest absolute Gasteiger partial charge is 0.0381 e. The van der Waals surface area contributed by atoms with E-state index in [2.05, 4.69) is 75.3 Å². The molecule has 1 aromatic carbocycles. The van der Waals surface area contributed by atoms with Crippen molar-refractivity contribution < 1.29 is 0 Å². The minimum Gasteiger partial charge on any atom is -0.313 e. The second kappa shape index (κ2) is 6.93. The van der Waals surface area contributed by atoms with Crippen molar-refractivity contribution in [2.24, 2.45) is 11.3 Å². The molecule has 2 nitrogen and oxygen atoms in total. The van der Waals surface area contributed by atoms with Crippen LogP contribution in [0.2, 0.25) is 0 Å². The first-order valence-corrected chi connectivity index (χ1v) is 8.42. The largest absolute Gasteiger partial charge is 0.313 e. The topological polar surface area (TPSA) is 15.3 Å². The van der Waals surface area contributed by atoms with Crippen molar-refractivity contribution in [2.75, 3.05) is 20.1 Å². The van der Waals surface area contributed by atoms with Gasteiger partial charge in [0.05, 0.1) is 0 Å². The lowest BCUT2D eigenvalue weighted by atomic mass is 9.78.